The molecule has 1 aromatic heterocycles. The van der Waals surface area contributed by atoms with Crippen LogP contribution in [0, 0.1) is 0 Å². The van der Waals surface area contributed by atoms with Gasteiger partial charge in [0, 0.05) is 11.4 Å². The number of rotatable bonds is 7. The summed E-state index contributed by atoms with van der Waals surface area (Å²) in [5, 5.41) is 19.9. The highest BCUT2D eigenvalue weighted by atomic mass is 16.3. The van der Waals surface area contributed by atoms with Crippen LogP contribution >= 0.6 is 0 Å². The first-order chi connectivity index (χ1) is 14.7. The molecule has 4 N–H and O–H groups in total. The summed E-state index contributed by atoms with van der Waals surface area (Å²) in [4.78, 5) is 13.2. The number of para-hydroxylation sites is 2. The van der Waals surface area contributed by atoms with Gasteiger partial charge in [0.2, 0.25) is 17.8 Å². The molecule has 0 aliphatic heterocycles. The second-order valence-electron chi connectivity index (χ2n) is 6.25. The summed E-state index contributed by atoms with van der Waals surface area (Å²) in [5.41, 5.74) is 5.35. The lowest BCUT2D eigenvalue weighted by molar-refractivity contribution is 0.475. The van der Waals surface area contributed by atoms with Crippen LogP contribution in [0.15, 0.2) is 90.0 Å². The molecule has 148 valence electrons. The largest absolute Gasteiger partial charge is 0.508 e. The highest BCUT2D eigenvalue weighted by molar-refractivity contribution is 5.80. The molecule has 0 aliphatic rings. The van der Waals surface area contributed by atoms with Gasteiger partial charge in [-0.15, -0.1) is 0 Å². The zero-order chi connectivity index (χ0) is 20.6. The van der Waals surface area contributed by atoms with E-state index in [4.69, 9.17) is 0 Å². The monoisotopic (exact) mass is 397 g/mol. The minimum Gasteiger partial charge on any atom is -0.508 e. The fraction of sp³-hybridized carbons (Fsp3) is 0. The number of nitrogens with zero attached hydrogens (tertiary/aromatic N) is 4. The topological polar surface area (TPSA) is 107 Å². The Labute approximate surface area is 173 Å². The fourth-order valence-corrected chi connectivity index (χ4v) is 2.56. The molecule has 0 spiro atoms. The van der Waals surface area contributed by atoms with E-state index in [1.807, 2.05) is 60.7 Å². The molecule has 3 aromatic carbocycles. The van der Waals surface area contributed by atoms with Gasteiger partial charge in [0.25, 0.3) is 0 Å². The second-order valence-corrected chi connectivity index (χ2v) is 6.25. The van der Waals surface area contributed by atoms with E-state index < -0.39 is 0 Å². The predicted octanol–water partition coefficient (Wildman–Crippen LogP) is 4.51. The summed E-state index contributed by atoms with van der Waals surface area (Å²) in [6, 6.07) is 25.9. The first-order valence-electron chi connectivity index (χ1n) is 9.23. The van der Waals surface area contributed by atoms with Crippen molar-refractivity contribution in [3.63, 3.8) is 0 Å². The zero-order valence-electron chi connectivity index (χ0n) is 15.9. The number of aromatic nitrogens is 3. The maximum atomic E-state index is 9.36. The lowest BCUT2D eigenvalue weighted by Crippen LogP contribution is -2.07. The third-order valence-corrected chi connectivity index (χ3v) is 3.97. The normalized spacial score (nSPS) is 10.7. The molecule has 4 rings (SSSR count). The van der Waals surface area contributed by atoms with Gasteiger partial charge in [-0.2, -0.15) is 20.1 Å². The lowest BCUT2D eigenvalue weighted by Gasteiger charge is -2.10. The molecule has 0 atom stereocenters. The SMILES string of the molecule is Oc1ccc(/C=N\Nc2nc(Nc3ccccc3)nc(Nc3ccccc3)n2)cc1. The molecule has 8 nitrogen and oxygen atoms in total. The van der Waals surface area contributed by atoms with Crippen molar-refractivity contribution in [3.8, 4) is 5.75 Å². The molecule has 0 fully saturated rings. The van der Waals surface area contributed by atoms with Crippen molar-refractivity contribution in [2.75, 3.05) is 16.1 Å². The summed E-state index contributed by atoms with van der Waals surface area (Å²) in [5.74, 6) is 1.22. The van der Waals surface area contributed by atoms with Crippen LogP contribution in [0.1, 0.15) is 5.56 Å². The Morgan fingerprint density at radius 3 is 1.67 bits per heavy atom. The molecule has 0 bridgehead atoms. The van der Waals surface area contributed by atoms with E-state index in [-0.39, 0.29) is 11.7 Å². The smallest absolute Gasteiger partial charge is 0.250 e. The third-order valence-electron chi connectivity index (χ3n) is 3.97. The Bertz CT molecular complexity index is 1060. The van der Waals surface area contributed by atoms with Crippen LogP contribution in [0.25, 0.3) is 0 Å². The van der Waals surface area contributed by atoms with E-state index >= 15 is 0 Å². The van der Waals surface area contributed by atoms with Crippen molar-refractivity contribution in [2.45, 2.75) is 0 Å². The van der Waals surface area contributed by atoms with Crippen molar-refractivity contribution in [2.24, 2.45) is 5.10 Å². The summed E-state index contributed by atoms with van der Waals surface area (Å²) in [7, 11) is 0. The van der Waals surface area contributed by atoms with Crippen LogP contribution in [-0.2, 0) is 0 Å². The average molecular weight is 397 g/mol. The van der Waals surface area contributed by atoms with Crippen LogP contribution in [-0.4, -0.2) is 26.3 Å². The van der Waals surface area contributed by atoms with E-state index in [1.54, 1.807) is 30.5 Å². The average Bonchev–Trinajstić information content (AvgIpc) is 2.76. The van der Waals surface area contributed by atoms with Gasteiger partial charge in [-0.05, 0) is 54.1 Å². The first kappa shape index (κ1) is 18.9. The number of anilines is 5. The van der Waals surface area contributed by atoms with E-state index in [9.17, 15) is 5.11 Å². The fourth-order valence-electron chi connectivity index (χ4n) is 2.56. The highest BCUT2D eigenvalue weighted by Crippen LogP contribution is 2.18. The molecule has 0 saturated carbocycles. The van der Waals surface area contributed by atoms with Gasteiger partial charge in [-0.25, -0.2) is 5.43 Å². The van der Waals surface area contributed by atoms with Crippen LogP contribution in [0.4, 0.5) is 29.2 Å². The van der Waals surface area contributed by atoms with Crippen LogP contribution in [0.2, 0.25) is 0 Å². The molecule has 8 heteroatoms. The molecule has 30 heavy (non-hydrogen) atoms. The molecule has 4 aromatic rings. The molecule has 0 radical (unpaired) electrons. The number of phenols is 1. The van der Waals surface area contributed by atoms with Gasteiger partial charge in [0.05, 0.1) is 6.21 Å². The Morgan fingerprint density at radius 1 is 0.633 bits per heavy atom. The minimum absolute atomic E-state index is 0.200. The predicted molar refractivity (Wildman–Crippen MR) is 119 cm³/mol. The van der Waals surface area contributed by atoms with Gasteiger partial charge < -0.3 is 15.7 Å². The summed E-state index contributed by atoms with van der Waals surface area (Å²) >= 11 is 0. The van der Waals surface area contributed by atoms with Crippen molar-refractivity contribution in [1.82, 2.24) is 15.0 Å². The Morgan fingerprint density at radius 2 is 1.13 bits per heavy atom. The van der Waals surface area contributed by atoms with Crippen LogP contribution < -0.4 is 16.1 Å². The Hall–Kier alpha value is -4.46. The van der Waals surface area contributed by atoms with E-state index in [2.05, 4.69) is 36.1 Å². The number of nitrogens with one attached hydrogen (secondary N) is 3. The second kappa shape index (κ2) is 9.16. The number of hydrogen-bond donors (Lipinski definition) is 4. The Balaban J connectivity index is 1.56. The minimum atomic E-state index is 0.200. The third kappa shape index (κ3) is 5.29. The zero-order valence-corrected chi connectivity index (χ0v) is 15.9. The quantitative estimate of drug-likeness (QED) is 0.268. The number of phenolic OH excluding ortho intramolecular Hbond substituents is 1. The van der Waals surface area contributed by atoms with Gasteiger partial charge in [0.15, 0.2) is 0 Å². The molecule has 0 aliphatic carbocycles. The number of hydrazone groups is 1. The van der Waals surface area contributed by atoms with Gasteiger partial charge in [-0.1, -0.05) is 36.4 Å². The number of aromatic hydroxyl groups is 1. The summed E-state index contributed by atoms with van der Waals surface area (Å²) in [6.07, 6.45) is 1.61. The van der Waals surface area contributed by atoms with Crippen molar-refractivity contribution < 1.29 is 5.11 Å². The van der Waals surface area contributed by atoms with Crippen LogP contribution in [0.3, 0.4) is 0 Å². The summed E-state index contributed by atoms with van der Waals surface area (Å²) in [6.45, 7) is 0. The lowest BCUT2D eigenvalue weighted by atomic mass is 10.2. The van der Waals surface area contributed by atoms with Crippen molar-refractivity contribution in [3.05, 3.63) is 90.5 Å². The molecular formula is C22H19N7O. The van der Waals surface area contributed by atoms with Crippen molar-refractivity contribution >= 4 is 35.4 Å². The summed E-state index contributed by atoms with van der Waals surface area (Å²) < 4.78 is 0. The van der Waals surface area contributed by atoms with E-state index in [0.717, 1.165) is 16.9 Å². The van der Waals surface area contributed by atoms with Gasteiger partial charge in [-0.3, -0.25) is 0 Å². The first-order valence-corrected chi connectivity index (χ1v) is 9.23. The van der Waals surface area contributed by atoms with Gasteiger partial charge >= 0.3 is 0 Å². The van der Waals surface area contributed by atoms with Crippen molar-refractivity contribution in [1.29, 1.82) is 0 Å². The Kier molecular flexibility index (Phi) is 5.76. The molecule has 0 amide bonds. The molecule has 1 heterocycles. The van der Waals surface area contributed by atoms with E-state index in [1.165, 1.54) is 0 Å². The molecule has 0 unspecified atom stereocenters. The molecule has 0 saturated heterocycles. The maximum Gasteiger partial charge on any atom is 0.250 e. The molecular weight excluding hydrogens is 378 g/mol. The standard InChI is InChI=1S/C22H19N7O/c30-19-13-11-16(12-14-19)15-23-29-22-27-20(24-17-7-3-1-4-8-17)26-21(28-22)25-18-9-5-2-6-10-18/h1-15,30H,(H3,24,25,26,27,28,29)/b23-15-. The maximum absolute atomic E-state index is 9.36. The number of benzene rings is 3. The van der Waals surface area contributed by atoms with E-state index in [0.29, 0.717) is 11.9 Å². The number of hydrogen-bond acceptors (Lipinski definition) is 8. The van der Waals surface area contributed by atoms with Gasteiger partial charge in [0.1, 0.15) is 5.75 Å². The highest BCUT2D eigenvalue weighted by Gasteiger charge is 2.07. The van der Waals surface area contributed by atoms with Crippen LogP contribution in [0.5, 0.6) is 5.75 Å².